The molecule has 33 heavy (non-hydrogen) atoms. The predicted octanol–water partition coefficient (Wildman–Crippen LogP) is 3.96. The van der Waals surface area contributed by atoms with Crippen LogP contribution in [0, 0.1) is 29.5 Å². The minimum Gasteiger partial charge on any atom is -0.280 e. The van der Waals surface area contributed by atoms with Crippen molar-refractivity contribution in [2.75, 3.05) is 9.62 Å². The Balaban J connectivity index is 1.54. The molecule has 2 amide bonds. The average molecular weight is 480 g/mol. The van der Waals surface area contributed by atoms with Crippen molar-refractivity contribution in [2.24, 2.45) is 23.7 Å². The van der Waals surface area contributed by atoms with Crippen LogP contribution in [0.15, 0.2) is 59.5 Å². The molecule has 1 N–H and O–H groups in total. The number of sulfonamides is 1. The number of hydrogen-bond acceptors (Lipinski definition) is 4. The average Bonchev–Trinajstić information content (AvgIpc) is 3.41. The Hall–Kier alpha value is -3.21. The fraction of sp³-hybridized carbons (Fsp3) is 0.273. The highest BCUT2D eigenvalue weighted by Crippen LogP contribution is 2.53. The number of fused-ring (bicyclic) bond motifs is 5. The van der Waals surface area contributed by atoms with Crippen LogP contribution < -0.4 is 9.62 Å². The number of allylic oxidation sites excluding steroid dienone is 2. The number of imide groups is 1. The van der Waals surface area contributed by atoms with Gasteiger partial charge in [-0.25, -0.2) is 17.7 Å². The fourth-order valence-electron chi connectivity index (χ4n) is 4.95. The van der Waals surface area contributed by atoms with Gasteiger partial charge >= 0.3 is 6.18 Å². The molecule has 0 aromatic heterocycles. The first kappa shape index (κ1) is 21.6. The summed E-state index contributed by atoms with van der Waals surface area (Å²) in [6.07, 6.45) is -0.496. The monoisotopic (exact) mass is 480 g/mol. The normalized spacial score (nSPS) is 26.2. The van der Waals surface area contributed by atoms with Crippen LogP contribution in [-0.4, -0.2) is 20.2 Å². The van der Waals surface area contributed by atoms with Crippen LogP contribution in [0.2, 0.25) is 0 Å². The Labute approximate surface area is 185 Å². The number of alkyl halides is 3. The van der Waals surface area contributed by atoms with Crippen molar-refractivity contribution in [1.29, 1.82) is 0 Å². The highest BCUT2D eigenvalue weighted by Gasteiger charge is 2.59. The molecular weight excluding hydrogens is 464 g/mol. The summed E-state index contributed by atoms with van der Waals surface area (Å²) in [6.45, 7) is 0. The minimum atomic E-state index is -4.87. The van der Waals surface area contributed by atoms with Crippen molar-refractivity contribution < 1.29 is 35.6 Å². The third-order valence-corrected chi connectivity index (χ3v) is 7.75. The van der Waals surface area contributed by atoms with Crippen LogP contribution >= 0.6 is 0 Å². The molecule has 3 aliphatic rings. The molecule has 11 heteroatoms. The van der Waals surface area contributed by atoms with Gasteiger partial charge in [0.1, 0.15) is 5.82 Å². The zero-order chi connectivity index (χ0) is 23.7. The maximum absolute atomic E-state index is 13.6. The van der Waals surface area contributed by atoms with E-state index >= 15 is 0 Å². The maximum atomic E-state index is 13.6. The number of benzene rings is 2. The van der Waals surface area contributed by atoms with Crippen molar-refractivity contribution in [3.8, 4) is 0 Å². The van der Waals surface area contributed by atoms with E-state index in [1.165, 1.54) is 0 Å². The number of nitrogens with zero attached hydrogens (tertiary/aromatic N) is 1. The number of rotatable bonds is 4. The second-order valence-electron chi connectivity index (χ2n) is 8.34. The minimum absolute atomic E-state index is 0.135. The van der Waals surface area contributed by atoms with E-state index in [-0.39, 0.29) is 22.4 Å². The van der Waals surface area contributed by atoms with Gasteiger partial charge < -0.3 is 0 Å². The standard InChI is InChI=1S/C22H16F4N2O4S/c23-14-3-5-17(6-4-14)33(31,32)27-15-8-13(22(24,25)26)9-16(10-15)28-20(29)18-11-1-2-12(7-11)19(18)21(28)30/h1-6,8-12,18-19,27H,7H2/t11-,12+,18?,19?. The van der Waals surface area contributed by atoms with Crippen LogP contribution in [0.1, 0.15) is 12.0 Å². The summed E-state index contributed by atoms with van der Waals surface area (Å²) in [7, 11) is -4.36. The molecule has 1 saturated heterocycles. The molecule has 6 nitrogen and oxygen atoms in total. The first-order chi connectivity index (χ1) is 15.5. The summed E-state index contributed by atoms with van der Waals surface area (Å²) >= 11 is 0. The topological polar surface area (TPSA) is 83.6 Å². The van der Waals surface area contributed by atoms with Crippen LogP contribution in [0.25, 0.3) is 0 Å². The lowest BCUT2D eigenvalue weighted by molar-refractivity contribution is -0.137. The van der Waals surface area contributed by atoms with Gasteiger partial charge in [0.2, 0.25) is 11.8 Å². The number of carbonyl (C=O) groups excluding carboxylic acids is 2. The van der Waals surface area contributed by atoms with Crippen molar-refractivity contribution in [3.63, 3.8) is 0 Å². The highest BCUT2D eigenvalue weighted by molar-refractivity contribution is 7.92. The largest absolute Gasteiger partial charge is 0.416 e. The number of amides is 2. The molecule has 1 aliphatic heterocycles. The number of hydrogen-bond donors (Lipinski definition) is 1. The Morgan fingerprint density at radius 3 is 2.03 bits per heavy atom. The van der Waals surface area contributed by atoms with Gasteiger partial charge in [-0.15, -0.1) is 0 Å². The maximum Gasteiger partial charge on any atom is 0.416 e. The molecule has 2 unspecified atom stereocenters. The smallest absolute Gasteiger partial charge is 0.280 e. The molecule has 1 saturated carbocycles. The van der Waals surface area contributed by atoms with Gasteiger partial charge in [0.05, 0.1) is 33.7 Å². The number of anilines is 2. The highest BCUT2D eigenvalue weighted by atomic mass is 32.2. The lowest BCUT2D eigenvalue weighted by Gasteiger charge is -2.20. The summed E-state index contributed by atoms with van der Waals surface area (Å²) in [6, 6.07) is 5.96. The summed E-state index contributed by atoms with van der Waals surface area (Å²) in [5.74, 6) is -3.38. The van der Waals surface area contributed by atoms with E-state index in [2.05, 4.69) is 0 Å². The Morgan fingerprint density at radius 2 is 1.48 bits per heavy atom. The molecular formula is C22H16F4N2O4S. The molecule has 2 aromatic rings. The van der Waals surface area contributed by atoms with Gasteiger partial charge in [-0.3, -0.25) is 14.3 Å². The van der Waals surface area contributed by atoms with E-state index in [0.29, 0.717) is 18.6 Å². The van der Waals surface area contributed by atoms with Gasteiger partial charge in [-0.2, -0.15) is 13.2 Å². The first-order valence-electron chi connectivity index (χ1n) is 10.0. The fourth-order valence-corrected chi connectivity index (χ4v) is 5.99. The SMILES string of the molecule is O=C1C2C(C(=O)N1c1cc(NS(=O)(=O)c3ccc(F)cc3)cc(C(F)(F)F)c1)[C@H]1C=C[C@@H]2C1. The molecule has 2 bridgehead atoms. The van der Waals surface area contributed by atoms with E-state index < -0.39 is 56.9 Å². The molecule has 0 radical (unpaired) electrons. The van der Waals surface area contributed by atoms with Crippen LogP contribution in [-0.2, 0) is 25.8 Å². The Morgan fingerprint density at radius 1 is 0.909 bits per heavy atom. The quantitative estimate of drug-likeness (QED) is 0.408. The molecule has 2 aliphatic carbocycles. The van der Waals surface area contributed by atoms with Gasteiger partial charge in [0.15, 0.2) is 0 Å². The molecule has 2 aromatic carbocycles. The molecule has 5 rings (SSSR count). The van der Waals surface area contributed by atoms with Crippen molar-refractivity contribution in [2.45, 2.75) is 17.5 Å². The summed E-state index contributed by atoms with van der Waals surface area (Å²) in [5.41, 5.74) is -2.07. The summed E-state index contributed by atoms with van der Waals surface area (Å²) in [5, 5.41) is 0. The van der Waals surface area contributed by atoms with Gasteiger partial charge in [-0.05, 0) is 60.7 Å². The predicted molar refractivity (Wildman–Crippen MR) is 109 cm³/mol. The molecule has 172 valence electrons. The van der Waals surface area contributed by atoms with Gasteiger partial charge in [0.25, 0.3) is 10.0 Å². The van der Waals surface area contributed by atoms with E-state index in [0.717, 1.165) is 35.2 Å². The van der Waals surface area contributed by atoms with Crippen molar-refractivity contribution >= 4 is 33.2 Å². The Kier molecular flexibility index (Phi) is 4.68. The van der Waals surface area contributed by atoms with E-state index in [9.17, 15) is 35.6 Å². The lowest BCUT2D eigenvalue weighted by atomic mass is 9.85. The lowest BCUT2D eigenvalue weighted by Crippen LogP contribution is -2.33. The zero-order valence-corrected chi connectivity index (χ0v) is 17.5. The van der Waals surface area contributed by atoms with Crippen molar-refractivity contribution in [1.82, 2.24) is 0 Å². The molecule has 4 atom stereocenters. The van der Waals surface area contributed by atoms with E-state index in [1.807, 2.05) is 16.9 Å². The van der Waals surface area contributed by atoms with Crippen LogP contribution in [0.5, 0.6) is 0 Å². The summed E-state index contributed by atoms with van der Waals surface area (Å²) in [4.78, 5) is 26.4. The molecule has 1 heterocycles. The number of halogens is 4. The van der Waals surface area contributed by atoms with Crippen LogP contribution in [0.3, 0.4) is 0 Å². The number of nitrogens with one attached hydrogen (secondary N) is 1. The second-order valence-corrected chi connectivity index (χ2v) is 10.0. The van der Waals surface area contributed by atoms with Gasteiger partial charge in [0, 0.05) is 0 Å². The van der Waals surface area contributed by atoms with E-state index in [1.54, 1.807) is 0 Å². The third-order valence-electron chi connectivity index (χ3n) is 6.35. The Bertz CT molecular complexity index is 1270. The second kappa shape index (κ2) is 7.14. The van der Waals surface area contributed by atoms with Gasteiger partial charge in [-0.1, -0.05) is 12.2 Å². The van der Waals surface area contributed by atoms with E-state index in [4.69, 9.17) is 0 Å². The molecule has 0 spiro atoms. The third kappa shape index (κ3) is 3.50. The number of carbonyl (C=O) groups is 2. The van der Waals surface area contributed by atoms with Crippen molar-refractivity contribution in [3.05, 3.63) is 66.0 Å². The summed E-state index contributed by atoms with van der Waals surface area (Å²) < 4.78 is 81.1. The molecule has 2 fully saturated rings. The van der Waals surface area contributed by atoms with Crippen LogP contribution in [0.4, 0.5) is 28.9 Å². The zero-order valence-electron chi connectivity index (χ0n) is 16.7. The first-order valence-corrected chi connectivity index (χ1v) is 11.5.